The molecule has 0 bridgehead atoms. The molecule has 0 aliphatic carbocycles. The fourth-order valence-electron chi connectivity index (χ4n) is 3.40. The van der Waals surface area contributed by atoms with Crippen LogP contribution in [0.1, 0.15) is 18.4 Å². The maximum Gasteiger partial charge on any atom is 0.151 e. The minimum atomic E-state index is -0.217. The zero-order chi connectivity index (χ0) is 17.6. The smallest absolute Gasteiger partial charge is 0.151 e. The van der Waals surface area contributed by atoms with Crippen LogP contribution in [0.25, 0.3) is 0 Å². The van der Waals surface area contributed by atoms with Crippen molar-refractivity contribution in [1.29, 1.82) is 0 Å². The highest BCUT2D eigenvalue weighted by molar-refractivity contribution is 5.54. The normalized spacial score (nSPS) is 18.0. The summed E-state index contributed by atoms with van der Waals surface area (Å²) in [6, 6.07) is 13.6. The number of rotatable bonds is 6. The fraction of sp³-hybridized carbons (Fsp3) is 0.400. The lowest BCUT2D eigenvalue weighted by Crippen LogP contribution is -2.40. The molecule has 133 valence electrons. The number of piperidine rings is 1. The number of nitrogens with zero attached hydrogens (tertiary/aromatic N) is 1. The molecule has 5 heteroatoms. The molecular formula is C20H24FN2O2. The molecule has 1 fully saturated rings. The van der Waals surface area contributed by atoms with Gasteiger partial charge in [0.1, 0.15) is 11.6 Å². The van der Waals surface area contributed by atoms with Crippen LogP contribution < -0.4 is 14.9 Å². The summed E-state index contributed by atoms with van der Waals surface area (Å²) in [5, 5.41) is 2.20. The van der Waals surface area contributed by atoms with E-state index in [1.807, 2.05) is 18.2 Å². The second-order valence-corrected chi connectivity index (χ2v) is 6.34. The third-order valence-corrected chi connectivity index (χ3v) is 4.57. The van der Waals surface area contributed by atoms with E-state index < -0.39 is 0 Å². The molecule has 0 spiro atoms. The third-order valence-electron chi connectivity index (χ3n) is 4.57. The summed E-state index contributed by atoms with van der Waals surface area (Å²) in [6.07, 6.45) is 3.02. The monoisotopic (exact) mass is 343 g/mol. The van der Waals surface area contributed by atoms with E-state index in [2.05, 4.69) is 16.5 Å². The number of anilines is 1. The Labute approximate surface area is 148 Å². The molecule has 0 aromatic heterocycles. The lowest BCUT2D eigenvalue weighted by Gasteiger charge is -2.34. The average Bonchev–Trinajstić information content (AvgIpc) is 2.63. The standard InChI is InChI=1S/C20H24FN2O2/c1-24-19-10-9-17(21)13-16(19)12-15-6-5-11-23(14-15)22-18-7-3-4-8-20(18)25-2/h3-4,7,9-10,13,15,22H,5-6,11-12,14H2,1-2H3. The van der Waals surface area contributed by atoms with Crippen molar-refractivity contribution in [3.63, 3.8) is 0 Å². The number of benzene rings is 2. The van der Waals surface area contributed by atoms with E-state index >= 15 is 0 Å². The second-order valence-electron chi connectivity index (χ2n) is 6.34. The predicted molar refractivity (Wildman–Crippen MR) is 96.4 cm³/mol. The fourth-order valence-corrected chi connectivity index (χ4v) is 3.40. The van der Waals surface area contributed by atoms with Gasteiger partial charge in [-0.2, -0.15) is 0 Å². The van der Waals surface area contributed by atoms with Crippen LogP contribution in [-0.4, -0.2) is 32.3 Å². The zero-order valence-corrected chi connectivity index (χ0v) is 14.7. The number of halogens is 1. The van der Waals surface area contributed by atoms with Gasteiger partial charge in [-0.1, -0.05) is 12.1 Å². The van der Waals surface area contributed by atoms with Gasteiger partial charge in [-0.15, -0.1) is 0 Å². The van der Waals surface area contributed by atoms with Crippen LogP contribution in [0.5, 0.6) is 11.5 Å². The Balaban J connectivity index is 1.66. The first-order valence-electron chi connectivity index (χ1n) is 8.58. The lowest BCUT2D eigenvalue weighted by molar-refractivity contribution is 0.205. The van der Waals surface area contributed by atoms with Crippen molar-refractivity contribution < 1.29 is 13.9 Å². The Kier molecular flexibility index (Phi) is 5.76. The van der Waals surface area contributed by atoms with Crippen LogP contribution in [0.3, 0.4) is 0 Å². The van der Waals surface area contributed by atoms with Crippen LogP contribution in [0, 0.1) is 17.8 Å². The summed E-state index contributed by atoms with van der Waals surface area (Å²) in [5.74, 6) is 1.68. The van der Waals surface area contributed by atoms with Crippen molar-refractivity contribution in [2.24, 2.45) is 5.92 Å². The van der Waals surface area contributed by atoms with Gasteiger partial charge in [0.15, 0.2) is 5.75 Å². The van der Waals surface area contributed by atoms with Gasteiger partial charge in [0.25, 0.3) is 0 Å². The number of hydrogen-bond acceptors (Lipinski definition) is 4. The van der Waals surface area contributed by atoms with Gasteiger partial charge in [0, 0.05) is 19.2 Å². The Bertz CT molecular complexity index is 708. The van der Waals surface area contributed by atoms with Crippen LogP contribution >= 0.6 is 0 Å². The Hall–Kier alpha value is -2.27. The summed E-state index contributed by atoms with van der Waals surface area (Å²) in [7, 11) is 3.27. The van der Waals surface area contributed by atoms with Gasteiger partial charge in [0.2, 0.25) is 0 Å². The van der Waals surface area contributed by atoms with Gasteiger partial charge < -0.3 is 14.9 Å². The molecule has 1 atom stereocenters. The Morgan fingerprint density at radius 3 is 2.96 bits per heavy atom. The number of hydrogen-bond donors (Lipinski definition) is 1. The summed E-state index contributed by atoms with van der Waals surface area (Å²) in [4.78, 5) is 0. The molecule has 2 aromatic carbocycles. The molecule has 1 unspecified atom stereocenters. The highest BCUT2D eigenvalue weighted by Gasteiger charge is 2.22. The van der Waals surface area contributed by atoms with Crippen LogP contribution in [0.15, 0.2) is 36.4 Å². The summed E-state index contributed by atoms with van der Waals surface area (Å²) < 4.78 is 24.3. The molecule has 1 radical (unpaired) electrons. The number of para-hydroxylation sites is 1. The van der Waals surface area contributed by atoms with E-state index in [1.54, 1.807) is 26.4 Å². The maximum absolute atomic E-state index is 13.6. The van der Waals surface area contributed by atoms with E-state index in [1.165, 1.54) is 6.07 Å². The van der Waals surface area contributed by atoms with E-state index in [-0.39, 0.29) is 5.82 Å². The Morgan fingerprint density at radius 2 is 2.16 bits per heavy atom. The molecule has 25 heavy (non-hydrogen) atoms. The zero-order valence-electron chi connectivity index (χ0n) is 14.7. The van der Waals surface area contributed by atoms with Crippen LogP contribution in [0.4, 0.5) is 10.1 Å². The summed E-state index contributed by atoms with van der Waals surface area (Å²) in [5.41, 5.74) is 5.27. The second kappa shape index (κ2) is 8.21. The van der Waals surface area contributed by atoms with Crippen molar-refractivity contribution in [2.45, 2.75) is 19.3 Å². The third kappa shape index (κ3) is 4.42. The molecular weight excluding hydrogens is 319 g/mol. The topological polar surface area (TPSA) is 33.7 Å². The molecule has 1 heterocycles. The largest absolute Gasteiger partial charge is 0.496 e. The van der Waals surface area contributed by atoms with Crippen molar-refractivity contribution in [1.82, 2.24) is 5.01 Å². The van der Waals surface area contributed by atoms with Gasteiger partial charge >= 0.3 is 0 Å². The molecule has 0 amide bonds. The quantitative estimate of drug-likeness (QED) is 0.862. The molecule has 1 saturated heterocycles. The average molecular weight is 343 g/mol. The van der Waals surface area contributed by atoms with Crippen molar-refractivity contribution >= 4 is 5.69 Å². The maximum atomic E-state index is 13.6. The van der Waals surface area contributed by atoms with E-state index in [4.69, 9.17) is 9.47 Å². The minimum absolute atomic E-state index is 0.217. The molecule has 0 saturated carbocycles. The van der Waals surface area contributed by atoms with E-state index in [0.717, 1.165) is 49.4 Å². The van der Waals surface area contributed by atoms with Crippen LogP contribution in [0.2, 0.25) is 0 Å². The van der Waals surface area contributed by atoms with Crippen molar-refractivity contribution in [3.8, 4) is 11.5 Å². The number of nitrogens with one attached hydrogen (secondary N) is 1. The summed E-state index contributed by atoms with van der Waals surface area (Å²) in [6.45, 7) is 1.85. The first-order valence-corrected chi connectivity index (χ1v) is 8.58. The highest BCUT2D eigenvalue weighted by Crippen LogP contribution is 2.28. The number of ether oxygens (including phenoxy) is 2. The van der Waals surface area contributed by atoms with Gasteiger partial charge in [0.05, 0.1) is 19.9 Å². The lowest BCUT2D eigenvalue weighted by atomic mass is 9.91. The minimum Gasteiger partial charge on any atom is -0.496 e. The number of hydrazine groups is 1. The van der Waals surface area contributed by atoms with Crippen LogP contribution in [-0.2, 0) is 6.42 Å². The summed E-state index contributed by atoms with van der Waals surface area (Å²) >= 11 is 0. The van der Waals surface area contributed by atoms with Gasteiger partial charge in [-0.25, -0.2) is 9.40 Å². The van der Waals surface area contributed by atoms with E-state index in [0.29, 0.717) is 11.7 Å². The highest BCUT2D eigenvalue weighted by atomic mass is 19.1. The van der Waals surface area contributed by atoms with Crippen molar-refractivity contribution in [2.75, 3.05) is 32.7 Å². The molecule has 1 N–H and O–H groups in total. The molecule has 3 rings (SSSR count). The molecule has 1 aliphatic rings. The van der Waals surface area contributed by atoms with E-state index in [9.17, 15) is 4.39 Å². The molecule has 4 nitrogen and oxygen atoms in total. The SMILES string of the molecule is COc1[c]cccc1NN1CCCC(Cc2cc(F)ccc2OC)C1. The molecule has 2 aromatic rings. The Morgan fingerprint density at radius 1 is 1.28 bits per heavy atom. The van der Waals surface area contributed by atoms with Crippen molar-refractivity contribution in [3.05, 3.63) is 53.8 Å². The first kappa shape index (κ1) is 17.5. The predicted octanol–water partition coefficient (Wildman–Crippen LogP) is 3.92. The van der Waals surface area contributed by atoms with Gasteiger partial charge in [-0.05, 0) is 55.0 Å². The number of methoxy groups -OCH3 is 2. The first-order chi connectivity index (χ1) is 12.2. The molecule has 1 aliphatic heterocycles. The van der Waals surface area contributed by atoms with Gasteiger partial charge in [-0.3, -0.25) is 0 Å².